The van der Waals surface area contributed by atoms with Crippen molar-refractivity contribution in [1.82, 2.24) is 5.32 Å². The molecule has 0 bridgehead atoms. The molecule has 0 aliphatic carbocycles. The van der Waals surface area contributed by atoms with E-state index in [0.717, 1.165) is 35.8 Å². The average Bonchev–Trinajstić information content (AvgIpc) is 2.42. The Morgan fingerprint density at radius 1 is 1.11 bits per heavy atom. The first-order valence-corrected chi connectivity index (χ1v) is 7.31. The standard InChI is InChI=1S/C14H20BrNO2/c15-13-1-3-14(4-2-13)18-10-9-17-11-12-5-7-16-8-6-12/h1-4,12,16H,5-11H2. The van der Waals surface area contributed by atoms with E-state index < -0.39 is 0 Å². The third-order valence-corrected chi connectivity index (χ3v) is 3.65. The molecular weight excluding hydrogens is 294 g/mol. The van der Waals surface area contributed by atoms with Gasteiger partial charge in [0.25, 0.3) is 0 Å². The van der Waals surface area contributed by atoms with Crippen LogP contribution >= 0.6 is 15.9 Å². The van der Waals surface area contributed by atoms with Crippen molar-refractivity contribution in [2.45, 2.75) is 12.8 Å². The van der Waals surface area contributed by atoms with Crippen LogP contribution in [0.2, 0.25) is 0 Å². The van der Waals surface area contributed by atoms with Gasteiger partial charge < -0.3 is 14.8 Å². The fourth-order valence-corrected chi connectivity index (χ4v) is 2.31. The maximum absolute atomic E-state index is 5.66. The van der Waals surface area contributed by atoms with E-state index in [1.54, 1.807) is 0 Å². The van der Waals surface area contributed by atoms with E-state index in [4.69, 9.17) is 9.47 Å². The summed E-state index contributed by atoms with van der Waals surface area (Å²) in [6.07, 6.45) is 2.46. The molecule has 2 rings (SSSR count). The van der Waals surface area contributed by atoms with Gasteiger partial charge in [-0.3, -0.25) is 0 Å². The van der Waals surface area contributed by atoms with Crippen molar-refractivity contribution in [3.63, 3.8) is 0 Å². The van der Waals surface area contributed by atoms with Crippen LogP contribution in [-0.2, 0) is 4.74 Å². The first-order valence-electron chi connectivity index (χ1n) is 6.51. The summed E-state index contributed by atoms with van der Waals surface area (Å²) in [5, 5.41) is 3.36. The minimum atomic E-state index is 0.618. The predicted molar refractivity (Wildman–Crippen MR) is 76.0 cm³/mol. The van der Waals surface area contributed by atoms with Crippen molar-refractivity contribution >= 4 is 15.9 Å². The van der Waals surface area contributed by atoms with Gasteiger partial charge in [0, 0.05) is 11.1 Å². The Labute approximate surface area is 117 Å². The van der Waals surface area contributed by atoms with E-state index in [1.165, 1.54) is 12.8 Å². The summed E-state index contributed by atoms with van der Waals surface area (Å²) < 4.78 is 12.3. The van der Waals surface area contributed by atoms with Crippen LogP contribution in [0.3, 0.4) is 0 Å². The molecule has 1 fully saturated rings. The molecule has 0 unspecified atom stereocenters. The Morgan fingerprint density at radius 2 is 1.83 bits per heavy atom. The molecule has 18 heavy (non-hydrogen) atoms. The summed E-state index contributed by atoms with van der Waals surface area (Å²) in [4.78, 5) is 0. The van der Waals surface area contributed by atoms with Crippen LogP contribution in [0.15, 0.2) is 28.7 Å². The molecule has 1 N–H and O–H groups in total. The highest BCUT2D eigenvalue weighted by Crippen LogP contribution is 2.16. The molecule has 100 valence electrons. The van der Waals surface area contributed by atoms with Gasteiger partial charge in [-0.1, -0.05) is 15.9 Å². The Balaban J connectivity index is 1.54. The molecule has 1 aliphatic heterocycles. The predicted octanol–water partition coefficient (Wildman–Crippen LogP) is 2.84. The largest absolute Gasteiger partial charge is 0.491 e. The highest BCUT2D eigenvalue weighted by molar-refractivity contribution is 9.10. The molecule has 1 saturated heterocycles. The van der Waals surface area contributed by atoms with E-state index >= 15 is 0 Å². The molecule has 4 heteroatoms. The summed E-state index contributed by atoms with van der Waals surface area (Å²) in [6.45, 7) is 4.41. The van der Waals surface area contributed by atoms with Crippen LogP contribution in [0.4, 0.5) is 0 Å². The first-order chi connectivity index (χ1) is 8.84. The van der Waals surface area contributed by atoms with E-state index in [-0.39, 0.29) is 0 Å². The highest BCUT2D eigenvalue weighted by Gasteiger charge is 2.12. The zero-order valence-electron chi connectivity index (χ0n) is 10.5. The quantitative estimate of drug-likeness (QED) is 0.819. The number of hydrogen-bond acceptors (Lipinski definition) is 3. The lowest BCUT2D eigenvalue weighted by molar-refractivity contribution is 0.0655. The van der Waals surface area contributed by atoms with Gasteiger partial charge in [-0.05, 0) is 56.1 Å². The number of rotatable bonds is 6. The smallest absolute Gasteiger partial charge is 0.119 e. The van der Waals surface area contributed by atoms with Gasteiger partial charge in [-0.25, -0.2) is 0 Å². The van der Waals surface area contributed by atoms with Crippen molar-refractivity contribution in [2.24, 2.45) is 5.92 Å². The number of ether oxygens (including phenoxy) is 2. The second-order valence-electron chi connectivity index (χ2n) is 4.57. The minimum absolute atomic E-state index is 0.618. The van der Waals surface area contributed by atoms with E-state index in [0.29, 0.717) is 13.2 Å². The number of hydrogen-bond donors (Lipinski definition) is 1. The third-order valence-electron chi connectivity index (χ3n) is 3.12. The number of piperidine rings is 1. The fourth-order valence-electron chi connectivity index (χ4n) is 2.05. The molecular formula is C14H20BrNO2. The lowest BCUT2D eigenvalue weighted by atomic mass is 9.99. The molecule has 0 saturated carbocycles. The maximum Gasteiger partial charge on any atom is 0.119 e. The van der Waals surface area contributed by atoms with Crippen LogP contribution in [0.1, 0.15) is 12.8 Å². The SMILES string of the molecule is Brc1ccc(OCCOCC2CCNCC2)cc1. The third kappa shape index (κ3) is 4.96. The van der Waals surface area contributed by atoms with Crippen LogP contribution in [0, 0.1) is 5.92 Å². The van der Waals surface area contributed by atoms with E-state index in [9.17, 15) is 0 Å². The topological polar surface area (TPSA) is 30.5 Å². The van der Waals surface area contributed by atoms with Crippen LogP contribution < -0.4 is 10.1 Å². The fraction of sp³-hybridized carbons (Fsp3) is 0.571. The zero-order valence-corrected chi connectivity index (χ0v) is 12.1. The number of halogens is 1. The zero-order chi connectivity index (χ0) is 12.6. The van der Waals surface area contributed by atoms with Gasteiger partial charge in [-0.15, -0.1) is 0 Å². The molecule has 1 aliphatic rings. The molecule has 1 aromatic rings. The summed E-state index contributed by atoms with van der Waals surface area (Å²) in [5.74, 6) is 1.61. The van der Waals surface area contributed by atoms with Gasteiger partial charge in [-0.2, -0.15) is 0 Å². The van der Waals surface area contributed by atoms with Crippen LogP contribution in [-0.4, -0.2) is 32.9 Å². The normalized spacial score (nSPS) is 16.7. The molecule has 0 radical (unpaired) electrons. The van der Waals surface area contributed by atoms with Crippen molar-refractivity contribution in [3.8, 4) is 5.75 Å². The van der Waals surface area contributed by atoms with Gasteiger partial charge in [0.1, 0.15) is 12.4 Å². The minimum Gasteiger partial charge on any atom is -0.491 e. The van der Waals surface area contributed by atoms with Crippen molar-refractivity contribution < 1.29 is 9.47 Å². The van der Waals surface area contributed by atoms with Crippen molar-refractivity contribution in [2.75, 3.05) is 32.9 Å². The van der Waals surface area contributed by atoms with Crippen molar-refractivity contribution in [3.05, 3.63) is 28.7 Å². The summed E-state index contributed by atoms with van der Waals surface area (Å²) in [7, 11) is 0. The lowest BCUT2D eigenvalue weighted by Gasteiger charge is -2.22. The highest BCUT2D eigenvalue weighted by atomic mass is 79.9. The molecule has 3 nitrogen and oxygen atoms in total. The Bertz CT molecular complexity index is 336. The Hall–Kier alpha value is -0.580. The Kier molecular flexibility index (Phi) is 5.97. The average molecular weight is 314 g/mol. The second-order valence-corrected chi connectivity index (χ2v) is 5.49. The van der Waals surface area contributed by atoms with Gasteiger partial charge in [0.05, 0.1) is 6.61 Å². The summed E-state index contributed by atoms with van der Waals surface area (Å²) in [6, 6.07) is 7.87. The Morgan fingerprint density at radius 3 is 2.56 bits per heavy atom. The molecule has 0 amide bonds. The van der Waals surface area contributed by atoms with E-state index in [2.05, 4.69) is 21.2 Å². The van der Waals surface area contributed by atoms with E-state index in [1.807, 2.05) is 24.3 Å². The van der Waals surface area contributed by atoms with Crippen LogP contribution in [0.5, 0.6) is 5.75 Å². The van der Waals surface area contributed by atoms with Gasteiger partial charge in [0.15, 0.2) is 0 Å². The molecule has 0 atom stereocenters. The molecule has 1 heterocycles. The van der Waals surface area contributed by atoms with Crippen molar-refractivity contribution in [1.29, 1.82) is 0 Å². The van der Waals surface area contributed by atoms with Crippen LogP contribution in [0.25, 0.3) is 0 Å². The van der Waals surface area contributed by atoms with Gasteiger partial charge >= 0.3 is 0 Å². The second kappa shape index (κ2) is 7.77. The molecule has 1 aromatic carbocycles. The molecule has 0 aromatic heterocycles. The first kappa shape index (κ1) is 13.8. The van der Waals surface area contributed by atoms with Gasteiger partial charge in [0.2, 0.25) is 0 Å². The monoisotopic (exact) mass is 313 g/mol. The molecule has 0 spiro atoms. The lowest BCUT2D eigenvalue weighted by Crippen LogP contribution is -2.30. The maximum atomic E-state index is 5.66. The number of benzene rings is 1. The number of nitrogens with one attached hydrogen (secondary N) is 1. The summed E-state index contributed by atoms with van der Waals surface area (Å²) >= 11 is 3.40. The summed E-state index contributed by atoms with van der Waals surface area (Å²) in [5.41, 5.74) is 0.